The van der Waals surface area contributed by atoms with Gasteiger partial charge in [0.1, 0.15) is 10.8 Å². The van der Waals surface area contributed by atoms with Crippen molar-refractivity contribution in [1.29, 1.82) is 0 Å². The highest BCUT2D eigenvalue weighted by atomic mass is 32.2. The number of aromatic nitrogens is 2. The molecule has 150 valence electrons. The van der Waals surface area contributed by atoms with E-state index in [4.69, 9.17) is 0 Å². The Labute approximate surface area is 180 Å². The van der Waals surface area contributed by atoms with E-state index in [1.165, 1.54) is 23.9 Å². The van der Waals surface area contributed by atoms with Gasteiger partial charge in [0.25, 0.3) is 5.69 Å². The first-order valence-electron chi connectivity index (χ1n) is 9.03. The molecular weight excluding hydrogens is 420 g/mol. The third kappa shape index (κ3) is 4.47. The van der Waals surface area contributed by atoms with Crippen molar-refractivity contribution in [3.05, 3.63) is 77.0 Å². The predicted octanol–water partition coefficient (Wildman–Crippen LogP) is 5.39. The number of hydrogen-bond acceptors (Lipinski definition) is 7. The summed E-state index contributed by atoms with van der Waals surface area (Å²) < 4.78 is 1.11. The van der Waals surface area contributed by atoms with Crippen molar-refractivity contribution in [2.45, 2.75) is 17.1 Å². The van der Waals surface area contributed by atoms with Crippen molar-refractivity contribution in [1.82, 2.24) is 9.97 Å². The Morgan fingerprint density at radius 1 is 1.13 bits per heavy atom. The molecule has 2 heterocycles. The van der Waals surface area contributed by atoms with E-state index < -0.39 is 10.2 Å². The van der Waals surface area contributed by atoms with Crippen LogP contribution in [0, 0.1) is 10.1 Å². The Bertz CT molecular complexity index is 1170. The summed E-state index contributed by atoms with van der Waals surface area (Å²) in [5, 5.41) is 14.0. The molecule has 0 aliphatic carbocycles. The van der Waals surface area contributed by atoms with Gasteiger partial charge in [0.2, 0.25) is 5.91 Å². The molecule has 7 nitrogen and oxygen atoms in total. The Hall–Kier alpha value is -3.30. The number of nitro benzene ring substituents is 1. The number of fused-ring (bicyclic) bond motifs is 1. The largest absolute Gasteiger partial charge is 0.310 e. The minimum atomic E-state index is -0.450. The van der Waals surface area contributed by atoms with Gasteiger partial charge >= 0.3 is 0 Å². The summed E-state index contributed by atoms with van der Waals surface area (Å²) in [4.78, 5) is 32.5. The molecule has 1 amide bonds. The summed E-state index contributed by atoms with van der Waals surface area (Å²) >= 11 is 2.92. The van der Waals surface area contributed by atoms with E-state index in [1.54, 1.807) is 42.7 Å². The average Bonchev–Trinajstić information content (AvgIpc) is 3.19. The topological polar surface area (TPSA) is 98.0 Å². The normalized spacial score (nSPS) is 11.9. The fraction of sp³-hybridized carbons (Fsp3) is 0.0952. The fourth-order valence-electron chi connectivity index (χ4n) is 2.72. The molecule has 4 aromatic rings. The molecule has 30 heavy (non-hydrogen) atoms. The maximum absolute atomic E-state index is 12.5. The van der Waals surface area contributed by atoms with Gasteiger partial charge in [0.05, 0.1) is 20.4 Å². The Morgan fingerprint density at radius 2 is 1.90 bits per heavy atom. The van der Waals surface area contributed by atoms with E-state index in [0.29, 0.717) is 5.82 Å². The molecule has 0 saturated carbocycles. The van der Waals surface area contributed by atoms with Gasteiger partial charge < -0.3 is 5.32 Å². The fourth-order valence-corrected chi connectivity index (χ4v) is 4.55. The molecule has 1 atom stereocenters. The van der Waals surface area contributed by atoms with Gasteiger partial charge in [0, 0.05) is 28.8 Å². The molecule has 1 unspecified atom stereocenters. The SMILES string of the molecule is CC(Sc1ccc([N+](=O)[O-])cc1)C(=O)Nc1ccc(-c2nc3ccccc3s2)cn1. The molecule has 1 N–H and O–H groups in total. The van der Waals surface area contributed by atoms with E-state index in [1.807, 2.05) is 30.3 Å². The van der Waals surface area contributed by atoms with Crippen LogP contribution in [0.15, 0.2) is 71.8 Å². The highest BCUT2D eigenvalue weighted by Crippen LogP contribution is 2.30. The van der Waals surface area contributed by atoms with Crippen molar-refractivity contribution in [2.75, 3.05) is 5.32 Å². The van der Waals surface area contributed by atoms with Crippen LogP contribution < -0.4 is 5.32 Å². The molecule has 0 fully saturated rings. The first-order chi connectivity index (χ1) is 14.5. The lowest BCUT2D eigenvalue weighted by molar-refractivity contribution is -0.384. The van der Waals surface area contributed by atoms with Crippen molar-refractivity contribution in [2.24, 2.45) is 0 Å². The third-order valence-electron chi connectivity index (χ3n) is 4.29. The molecule has 0 bridgehead atoms. The van der Waals surface area contributed by atoms with Crippen molar-refractivity contribution in [3.63, 3.8) is 0 Å². The number of thiazole rings is 1. The second-order valence-corrected chi connectivity index (χ2v) is 8.86. The van der Waals surface area contributed by atoms with Crippen LogP contribution in [0.4, 0.5) is 11.5 Å². The number of non-ortho nitro benzene ring substituents is 1. The van der Waals surface area contributed by atoms with Crippen LogP contribution in [0.2, 0.25) is 0 Å². The Morgan fingerprint density at radius 3 is 2.57 bits per heavy atom. The van der Waals surface area contributed by atoms with Gasteiger partial charge in [-0.2, -0.15) is 0 Å². The second kappa shape index (κ2) is 8.60. The van der Waals surface area contributed by atoms with Crippen LogP contribution in [-0.4, -0.2) is 26.0 Å². The number of amides is 1. The molecule has 0 aliphatic heterocycles. The van der Waals surface area contributed by atoms with Gasteiger partial charge in [-0.1, -0.05) is 12.1 Å². The average molecular weight is 437 g/mol. The number of anilines is 1. The monoisotopic (exact) mass is 436 g/mol. The van der Waals surface area contributed by atoms with Crippen molar-refractivity contribution >= 4 is 50.7 Å². The first-order valence-corrected chi connectivity index (χ1v) is 10.7. The maximum Gasteiger partial charge on any atom is 0.269 e. The number of nitro groups is 1. The highest BCUT2D eigenvalue weighted by Gasteiger charge is 2.16. The zero-order valence-electron chi connectivity index (χ0n) is 15.8. The summed E-state index contributed by atoms with van der Waals surface area (Å²) in [5.74, 6) is 0.264. The number of thioether (sulfide) groups is 1. The number of rotatable bonds is 6. The number of benzene rings is 2. The second-order valence-electron chi connectivity index (χ2n) is 6.42. The van der Waals surface area contributed by atoms with Crippen LogP contribution in [0.3, 0.4) is 0 Å². The maximum atomic E-state index is 12.5. The molecule has 4 rings (SSSR count). The molecule has 2 aromatic heterocycles. The van der Waals surface area contributed by atoms with E-state index in [0.717, 1.165) is 25.7 Å². The zero-order valence-corrected chi connectivity index (χ0v) is 17.4. The van der Waals surface area contributed by atoms with Gasteiger partial charge in [-0.15, -0.1) is 23.1 Å². The zero-order chi connectivity index (χ0) is 21.1. The number of carbonyl (C=O) groups is 1. The van der Waals surface area contributed by atoms with Gasteiger partial charge in [-0.3, -0.25) is 14.9 Å². The standard InChI is InChI=1S/C21H16N4O3S2/c1-13(29-16-9-7-15(8-10-16)25(27)28)20(26)24-19-11-6-14(12-22-19)21-23-17-4-2-3-5-18(17)30-21/h2-13H,1H3,(H,22,24,26). The van der Waals surface area contributed by atoms with Gasteiger partial charge in [-0.05, 0) is 43.3 Å². The molecule has 2 aromatic carbocycles. The lowest BCUT2D eigenvalue weighted by Gasteiger charge is -2.11. The van der Waals surface area contributed by atoms with Gasteiger partial charge in [-0.25, -0.2) is 9.97 Å². The number of hydrogen-bond donors (Lipinski definition) is 1. The summed E-state index contributed by atoms with van der Waals surface area (Å²) in [5.41, 5.74) is 1.86. The number of nitrogens with zero attached hydrogens (tertiary/aromatic N) is 3. The molecule has 0 saturated heterocycles. The van der Waals surface area contributed by atoms with Crippen LogP contribution in [0.5, 0.6) is 0 Å². The lowest BCUT2D eigenvalue weighted by Crippen LogP contribution is -2.22. The number of nitrogens with one attached hydrogen (secondary N) is 1. The minimum Gasteiger partial charge on any atom is -0.310 e. The third-order valence-corrected chi connectivity index (χ3v) is 6.48. The summed E-state index contributed by atoms with van der Waals surface area (Å²) in [6.45, 7) is 1.77. The molecule has 0 spiro atoms. The Balaban J connectivity index is 1.39. The first kappa shape index (κ1) is 20.0. The summed E-state index contributed by atoms with van der Waals surface area (Å²) in [6.07, 6.45) is 1.70. The smallest absolute Gasteiger partial charge is 0.269 e. The van der Waals surface area contributed by atoms with Crippen molar-refractivity contribution < 1.29 is 9.72 Å². The van der Waals surface area contributed by atoms with E-state index in [2.05, 4.69) is 15.3 Å². The predicted molar refractivity (Wildman–Crippen MR) is 120 cm³/mol. The highest BCUT2D eigenvalue weighted by molar-refractivity contribution is 8.00. The number of carbonyl (C=O) groups excluding carboxylic acids is 1. The van der Waals surface area contributed by atoms with E-state index in [9.17, 15) is 14.9 Å². The van der Waals surface area contributed by atoms with Crippen LogP contribution >= 0.6 is 23.1 Å². The quantitative estimate of drug-likeness (QED) is 0.247. The van der Waals surface area contributed by atoms with Crippen LogP contribution in [0.25, 0.3) is 20.8 Å². The van der Waals surface area contributed by atoms with Gasteiger partial charge in [0.15, 0.2) is 0 Å². The van der Waals surface area contributed by atoms with E-state index >= 15 is 0 Å². The Kier molecular flexibility index (Phi) is 5.73. The molecule has 0 aliphatic rings. The molecular formula is C21H16N4O3S2. The summed E-state index contributed by atoms with van der Waals surface area (Å²) in [6, 6.07) is 17.7. The van der Waals surface area contributed by atoms with E-state index in [-0.39, 0.29) is 11.6 Å². The summed E-state index contributed by atoms with van der Waals surface area (Å²) in [7, 11) is 0. The van der Waals surface area contributed by atoms with Crippen LogP contribution in [-0.2, 0) is 4.79 Å². The molecule has 9 heteroatoms. The van der Waals surface area contributed by atoms with Crippen LogP contribution in [0.1, 0.15) is 6.92 Å². The lowest BCUT2D eigenvalue weighted by atomic mass is 10.3. The number of pyridine rings is 1. The molecule has 0 radical (unpaired) electrons. The minimum absolute atomic E-state index is 0.0221. The van der Waals surface area contributed by atoms with Crippen molar-refractivity contribution in [3.8, 4) is 10.6 Å². The number of para-hydroxylation sites is 1.